The number of amides is 2. The monoisotopic (exact) mass is 429 g/mol. The molecule has 1 aromatic carbocycles. The smallest absolute Gasteiger partial charge is 0.306 e. The Morgan fingerprint density at radius 3 is 2.76 bits per heavy atom. The number of ether oxygens (including phenoxy) is 1. The minimum absolute atomic E-state index is 0.0436. The second kappa shape index (κ2) is 9.30. The van der Waals surface area contributed by atoms with Crippen LogP contribution in [0.1, 0.15) is 22.3 Å². The highest BCUT2D eigenvalue weighted by molar-refractivity contribution is 8.26. The normalized spacial score (nSPS) is 14.9. The molecule has 0 aliphatic carbocycles. The summed E-state index contributed by atoms with van der Waals surface area (Å²) in [7, 11) is 0. The van der Waals surface area contributed by atoms with Crippen LogP contribution < -0.4 is 10.2 Å². The number of thioether (sulfide) groups is 1. The van der Waals surface area contributed by atoms with Crippen LogP contribution in [0.2, 0.25) is 0 Å². The molecule has 1 aliphatic rings. The number of benzene rings is 1. The summed E-state index contributed by atoms with van der Waals surface area (Å²) in [6.07, 6.45) is 4.47. The van der Waals surface area contributed by atoms with Gasteiger partial charge < -0.3 is 9.84 Å². The van der Waals surface area contributed by atoms with E-state index >= 15 is 0 Å². The number of carboxylic acids is 1. The van der Waals surface area contributed by atoms with E-state index in [1.807, 2.05) is 0 Å². The predicted octanol–water partition coefficient (Wildman–Crippen LogP) is 2.48. The van der Waals surface area contributed by atoms with Gasteiger partial charge in [0, 0.05) is 18.0 Å². The van der Waals surface area contributed by atoms with E-state index in [0.717, 1.165) is 16.8 Å². The average molecular weight is 429 g/mol. The van der Waals surface area contributed by atoms with Crippen molar-refractivity contribution in [2.45, 2.75) is 6.42 Å². The van der Waals surface area contributed by atoms with Gasteiger partial charge in [0.15, 0.2) is 4.32 Å². The summed E-state index contributed by atoms with van der Waals surface area (Å²) in [5, 5.41) is 9.70. The molecule has 2 aromatic rings. The number of carboxylic acid groups (broad SMARTS) is 1. The number of aromatic nitrogens is 1. The molecular weight excluding hydrogens is 414 g/mol. The molecule has 2 amide bonds. The highest BCUT2D eigenvalue weighted by Gasteiger charge is 2.33. The molecule has 0 unspecified atom stereocenters. The van der Waals surface area contributed by atoms with Gasteiger partial charge in [-0.25, -0.2) is 0 Å². The Balaban J connectivity index is 1.69. The van der Waals surface area contributed by atoms with Crippen molar-refractivity contribution in [2.24, 2.45) is 0 Å². The van der Waals surface area contributed by atoms with Crippen LogP contribution in [0.4, 0.5) is 0 Å². The van der Waals surface area contributed by atoms with Crippen LogP contribution in [-0.4, -0.2) is 43.8 Å². The predicted molar refractivity (Wildman–Crippen MR) is 111 cm³/mol. The highest BCUT2D eigenvalue weighted by Crippen LogP contribution is 2.32. The summed E-state index contributed by atoms with van der Waals surface area (Å²) in [5.74, 6) is -1.38. The lowest BCUT2D eigenvalue weighted by Gasteiger charge is -2.15. The van der Waals surface area contributed by atoms with E-state index in [9.17, 15) is 14.4 Å². The van der Waals surface area contributed by atoms with Gasteiger partial charge in [0.05, 0.1) is 17.9 Å². The number of hydrazine groups is 1. The van der Waals surface area contributed by atoms with Gasteiger partial charge in [-0.15, -0.1) is 0 Å². The fraction of sp³-hybridized carbons (Fsp3) is 0.105. The fourth-order valence-electron chi connectivity index (χ4n) is 2.34. The zero-order valence-corrected chi connectivity index (χ0v) is 16.5. The number of carbonyl (C=O) groups is 3. The summed E-state index contributed by atoms with van der Waals surface area (Å²) in [5.41, 5.74) is 3.52. The van der Waals surface area contributed by atoms with Crippen LogP contribution in [-0.2, 0) is 9.59 Å². The topological polar surface area (TPSA) is 109 Å². The first-order valence-electron chi connectivity index (χ1n) is 8.37. The maximum Gasteiger partial charge on any atom is 0.306 e. The standard InChI is InChI=1S/C19H15N3O5S2/c23-16(24)6-9-27-14-3-1-2-12(10-14)11-15-18(26)22(19(28)29-15)21-17(25)13-4-7-20-8-5-13/h1-5,7-8,10-11H,6,9H2,(H,21,25)(H,23,24)/b15-11+. The molecule has 0 bridgehead atoms. The van der Waals surface area contributed by atoms with Crippen molar-refractivity contribution < 1.29 is 24.2 Å². The molecule has 0 atom stereocenters. The van der Waals surface area contributed by atoms with Gasteiger partial charge in [0.2, 0.25) is 0 Å². The van der Waals surface area contributed by atoms with Crippen molar-refractivity contribution in [3.63, 3.8) is 0 Å². The van der Waals surface area contributed by atoms with E-state index in [2.05, 4.69) is 10.4 Å². The van der Waals surface area contributed by atoms with Gasteiger partial charge in [-0.1, -0.05) is 23.9 Å². The Hall–Kier alpha value is -3.24. The molecule has 10 heteroatoms. The molecule has 2 heterocycles. The molecule has 0 saturated carbocycles. The maximum absolute atomic E-state index is 12.6. The molecular formula is C19H15N3O5S2. The van der Waals surface area contributed by atoms with Gasteiger partial charge in [0.1, 0.15) is 5.75 Å². The number of nitrogens with zero attached hydrogens (tertiary/aromatic N) is 2. The Bertz CT molecular complexity index is 994. The summed E-state index contributed by atoms with van der Waals surface area (Å²) < 4.78 is 5.60. The van der Waals surface area contributed by atoms with Crippen molar-refractivity contribution in [1.29, 1.82) is 0 Å². The van der Waals surface area contributed by atoms with Crippen LogP contribution in [0, 0.1) is 0 Å². The van der Waals surface area contributed by atoms with Gasteiger partial charge >= 0.3 is 5.97 Å². The van der Waals surface area contributed by atoms with Crippen LogP contribution in [0.25, 0.3) is 6.08 Å². The number of pyridine rings is 1. The van der Waals surface area contributed by atoms with Crippen LogP contribution >= 0.6 is 24.0 Å². The molecule has 29 heavy (non-hydrogen) atoms. The second-order valence-electron chi connectivity index (χ2n) is 5.76. The third-order valence-corrected chi connectivity index (χ3v) is 4.99. The number of hydrogen-bond acceptors (Lipinski definition) is 7. The molecule has 1 aliphatic heterocycles. The van der Waals surface area contributed by atoms with Crippen molar-refractivity contribution in [3.8, 4) is 5.75 Å². The van der Waals surface area contributed by atoms with E-state index in [1.165, 1.54) is 24.5 Å². The fourth-order valence-corrected chi connectivity index (χ4v) is 3.51. The number of carbonyl (C=O) groups excluding carboxylic acids is 2. The first-order chi connectivity index (χ1) is 13.9. The SMILES string of the molecule is O=C(O)CCOc1cccc(/C=C2/SC(=S)N(NC(=O)c3ccncc3)C2=O)c1. The molecule has 1 saturated heterocycles. The Kier molecular flexibility index (Phi) is 6.57. The molecule has 0 spiro atoms. The Morgan fingerprint density at radius 1 is 1.28 bits per heavy atom. The minimum atomic E-state index is -0.946. The lowest BCUT2D eigenvalue weighted by atomic mass is 10.2. The Morgan fingerprint density at radius 2 is 2.03 bits per heavy atom. The third kappa shape index (κ3) is 5.39. The quantitative estimate of drug-likeness (QED) is 0.510. The van der Waals surface area contributed by atoms with Crippen molar-refractivity contribution in [2.75, 3.05) is 6.61 Å². The molecule has 1 fully saturated rings. The summed E-state index contributed by atoms with van der Waals surface area (Å²) in [6.45, 7) is 0.0436. The second-order valence-corrected chi connectivity index (χ2v) is 7.43. The first kappa shape index (κ1) is 20.5. The number of hydrogen-bond donors (Lipinski definition) is 2. The van der Waals surface area contributed by atoms with Crippen LogP contribution in [0.5, 0.6) is 5.75 Å². The van der Waals surface area contributed by atoms with E-state index in [4.69, 9.17) is 22.1 Å². The number of aliphatic carboxylic acids is 1. The molecule has 1 aromatic heterocycles. The van der Waals surface area contributed by atoms with Gasteiger partial charge in [-0.3, -0.25) is 24.8 Å². The zero-order chi connectivity index (χ0) is 20.8. The van der Waals surface area contributed by atoms with Gasteiger partial charge in [0.25, 0.3) is 11.8 Å². The number of nitrogens with one attached hydrogen (secondary N) is 1. The summed E-state index contributed by atoms with van der Waals surface area (Å²) >= 11 is 6.27. The number of thiocarbonyl (C=S) groups is 1. The first-order valence-corrected chi connectivity index (χ1v) is 9.60. The largest absolute Gasteiger partial charge is 0.493 e. The number of rotatable bonds is 7. The van der Waals surface area contributed by atoms with Gasteiger partial charge in [-0.05, 0) is 48.1 Å². The van der Waals surface area contributed by atoms with Gasteiger partial charge in [-0.2, -0.15) is 5.01 Å². The van der Waals surface area contributed by atoms with Crippen molar-refractivity contribution >= 4 is 52.2 Å². The van der Waals surface area contributed by atoms with Crippen molar-refractivity contribution in [1.82, 2.24) is 15.4 Å². The maximum atomic E-state index is 12.6. The Labute approximate surface area is 175 Å². The van der Waals surface area contributed by atoms with Crippen molar-refractivity contribution in [3.05, 3.63) is 64.8 Å². The zero-order valence-electron chi connectivity index (χ0n) is 14.9. The van der Waals surface area contributed by atoms with Crippen LogP contribution in [0.3, 0.4) is 0 Å². The van der Waals surface area contributed by atoms with Crippen LogP contribution in [0.15, 0.2) is 53.7 Å². The highest BCUT2D eigenvalue weighted by atomic mass is 32.2. The van der Waals surface area contributed by atoms with E-state index in [0.29, 0.717) is 21.8 Å². The lowest BCUT2D eigenvalue weighted by molar-refractivity contribution is -0.137. The molecule has 148 valence electrons. The molecule has 3 rings (SSSR count). The lowest BCUT2D eigenvalue weighted by Crippen LogP contribution is -2.44. The molecule has 8 nitrogen and oxygen atoms in total. The third-order valence-electron chi connectivity index (χ3n) is 3.69. The van der Waals surface area contributed by atoms with E-state index < -0.39 is 17.8 Å². The average Bonchev–Trinajstić information content (AvgIpc) is 2.96. The summed E-state index contributed by atoms with van der Waals surface area (Å²) in [4.78, 5) is 39.7. The molecule has 0 radical (unpaired) electrons. The summed E-state index contributed by atoms with van der Waals surface area (Å²) in [6, 6.07) is 9.93. The molecule has 2 N–H and O–H groups in total. The van der Waals surface area contributed by atoms with E-state index in [1.54, 1.807) is 30.3 Å². The minimum Gasteiger partial charge on any atom is -0.493 e. The van der Waals surface area contributed by atoms with E-state index in [-0.39, 0.29) is 17.3 Å².